The van der Waals surface area contributed by atoms with Crippen LogP contribution in [0.15, 0.2) is 12.4 Å². The molecule has 0 spiro atoms. The molecular formula is C19H30N6O3. The quantitative estimate of drug-likeness (QED) is 0.814. The van der Waals surface area contributed by atoms with E-state index in [-0.39, 0.29) is 12.0 Å². The number of nitrogens with zero attached hydrogens (tertiary/aromatic N) is 5. The number of hydrogen-bond acceptors (Lipinski definition) is 7. The molecule has 3 heterocycles. The standard InChI is InChI=1S/C19H30N6O3/c1-19(2,3)28-18(27)25-12-14(13-25)11-23-5-7-24(8-6-23)16-10-21-15(9-22-16)17(26)20-4/h9-10,14H,5-8,11-13H2,1-4H3,(H,20,26). The van der Waals surface area contributed by atoms with Crippen molar-refractivity contribution in [3.8, 4) is 0 Å². The largest absolute Gasteiger partial charge is 0.444 e. The summed E-state index contributed by atoms with van der Waals surface area (Å²) in [6, 6.07) is 0. The lowest BCUT2D eigenvalue weighted by molar-refractivity contribution is -0.00658. The van der Waals surface area contributed by atoms with E-state index in [0.717, 1.165) is 51.6 Å². The van der Waals surface area contributed by atoms with Crippen molar-refractivity contribution in [3.63, 3.8) is 0 Å². The second-order valence-corrected chi connectivity index (χ2v) is 8.38. The number of carbonyl (C=O) groups is 2. The number of hydrogen-bond donors (Lipinski definition) is 1. The molecule has 2 aliphatic rings. The lowest BCUT2D eigenvalue weighted by Crippen LogP contribution is -2.57. The van der Waals surface area contributed by atoms with E-state index in [2.05, 4.69) is 25.1 Å². The van der Waals surface area contributed by atoms with Crippen molar-refractivity contribution in [2.75, 3.05) is 57.8 Å². The van der Waals surface area contributed by atoms with E-state index in [1.54, 1.807) is 18.1 Å². The molecule has 1 N–H and O–H groups in total. The second-order valence-electron chi connectivity index (χ2n) is 8.38. The molecule has 0 unspecified atom stereocenters. The lowest BCUT2D eigenvalue weighted by atomic mass is 10.00. The molecule has 0 saturated carbocycles. The topological polar surface area (TPSA) is 90.9 Å². The van der Waals surface area contributed by atoms with Crippen molar-refractivity contribution >= 4 is 17.8 Å². The first-order chi connectivity index (χ1) is 13.2. The van der Waals surface area contributed by atoms with Crippen LogP contribution in [0.3, 0.4) is 0 Å². The first kappa shape index (κ1) is 20.3. The smallest absolute Gasteiger partial charge is 0.410 e. The molecule has 0 atom stereocenters. The molecule has 2 aliphatic heterocycles. The zero-order chi connectivity index (χ0) is 20.3. The van der Waals surface area contributed by atoms with Gasteiger partial charge < -0.3 is 19.9 Å². The van der Waals surface area contributed by atoms with Gasteiger partial charge in [0, 0.05) is 58.8 Å². The summed E-state index contributed by atoms with van der Waals surface area (Å²) in [5.74, 6) is 1.07. The molecule has 0 bridgehead atoms. The number of rotatable bonds is 4. The van der Waals surface area contributed by atoms with Gasteiger partial charge in [-0.3, -0.25) is 9.69 Å². The molecule has 1 aromatic heterocycles. The Hall–Kier alpha value is -2.42. The summed E-state index contributed by atoms with van der Waals surface area (Å²) in [4.78, 5) is 38.5. The fourth-order valence-electron chi connectivity index (χ4n) is 3.42. The van der Waals surface area contributed by atoms with Crippen LogP contribution < -0.4 is 10.2 Å². The lowest BCUT2D eigenvalue weighted by Gasteiger charge is -2.43. The number of carbonyl (C=O) groups excluding carboxylic acids is 2. The van der Waals surface area contributed by atoms with Crippen LogP contribution in [0.25, 0.3) is 0 Å². The predicted octanol–water partition coefficient (Wildman–Crippen LogP) is 0.825. The minimum absolute atomic E-state index is 0.215. The van der Waals surface area contributed by atoms with Gasteiger partial charge in [-0.1, -0.05) is 0 Å². The van der Waals surface area contributed by atoms with Gasteiger partial charge in [-0.15, -0.1) is 0 Å². The van der Waals surface area contributed by atoms with E-state index < -0.39 is 5.60 Å². The maximum absolute atomic E-state index is 12.0. The summed E-state index contributed by atoms with van der Waals surface area (Å²) in [7, 11) is 1.58. The molecule has 9 heteroatoms. The van der Waals surface area contributed by atoms with Crippen molar-refractivity contribution < 1.29 is 14.3 Å². The van der Waals surface area contributed by atoms with Crippen LogP contribution in [0.2, 0.25) is 0 Å². The summed E-state index contributed by atoms with van der Waals surface area (Å²) >= 11 is 0. The van der Waals surface area contributed by atoms with Gasteiger partial charge >= 0.3 is 6.09 Å². The summed E-state index contributed by atoms with van der Waals surface area (Å²) in [5, 5.41) is 2.54. The zero-order valence-corrected chi connectivity index (χ0v) is 17.1. The molecule has 2 amide bonds. The number of aromatic nitrogens is 2. The van der Waals surface area contributed by atoms with E-state index in [1.165, 1.54) is 6.20 Å². The van der Waals surface area contributed by atoms with Crippen LogP contribution >= 0.6 is 0 Å². The Labute approximate surface area is 166 Å². The van der Waals surface area contributed by atoms with Gasteiger partial charge in [-0.2, -0.15) is 0 Å². The van der Waals surface area contributed by atoms with Gasteiger partial charge in [0.25, 0.3) is 5.91 Å². The van der Waals surface area contributed by atoms with E-state index in [1.807, 2.05) is 20.8 Å². The monoisotopic (exact) mass is 390 g/mol. The summed E-state index contributed by atoms with van der Waals surface area (Å²) < 4.78 is 5.40. The molecule has 28 heavy (non-hydrogen) atoms. The Kier molecular flexibility index (Phi) is 6.02. The highest BCUT2D eigenvalue weighted by Crippen LogP contribution is 2.21. The Morgan fingerprint density at radius 1 is 1.14 bits per heavy atom. The first-order valence-electron chi connectivity index (χ1n) is 9.74. The Balaban J connectivity index is 1.39. The van der Waals surface area contributed by atoms with Gasteiger partial charge in [-0.25, -0.2) is 14.8 Å². The molecule has 154 valence electrons. The highest BCUT2D eigenvalue weighted by Gasteiger charge is 2.35. The highest BCUT2D eigenvalue weighted by molar-refractivity contribution is 5.91. The normalized spacial score (nSPS) is 18.6. The summed E-state index contributed by atoms with van der Waals surface area (Å²) in [6.07, 6.45) is 2.96. The van der Waals surface area contributed by atoms with Crippen molar-refractivity contribution in [2.45, 2.75) is 26.4 Å². The predicted molar refractivity (Wildman–Crippen MR) is 105 cm³/mol. The Morgan fingerprint density at radius 3 is 2.36 bits per heavy atom. The number of anilines is 1. The second kappa shape index (κ2) is 8.30. The van der Waals surface area contributed by atoms with Crippen LogP contribution in [-0.2, 0) is 4.74 Å². The average molecular weight is 390 g/mol. The summed E-state index contributed by atoms with van der Waals surface area (Å²) in [6.45, 7) is 11.8. The van der Waals surface area contributed by atoms with Crippen molar-refractivity contribution in [3.05, 3.63) is 18.1 Å². The maximum Gasteiger partial charge on any atom is 0.410 e. The summed E-state index contributed by atoms with van der Waals surface area (Å²) in [5.41, 5.74) is -0.121. The van der Waals surface area contributed by atoms with E-state index in [9.17, 15) is 9.59 Å². The maximum atomic E-state index is 12.0. The van der Waals surface area contributed by atoms with Gasteiger partial charge in [-0.05, 0) is 20.8 Å². The minimum Gasteiger partial charge on any atom is -0.444 e. The van der Waals surface area contributed by atoms with Crippen LogP contribution in [0.5, 0.6) is 0 Å². The van der Waals surface area contributed by atoms with E-state index >= 15 is 0 Å². The number of nitrogens with one attached hydrogen (secondary N) is 1. The minimum atomic E-state index is -0.445. The van der Waals surface area contributed by atoms with Crippen LogP contribution in [0, 0.1) is 5.92 Å². The molecule has 0 aromatic carbocycles. The van der Waals surface area contributed by atoms with Gasteiger partial charge in [0.05, 0.1) is 12.4 Å². The molecule has 9 nitrogen and oxygen atoms in total. The van der Waals surface area contributed by atoms with Crippen LogP contribution in [0.4, 0.5) is 10.6 Å². The molecule has 1 aromatic rings. The molecule has 0 radical (unpaired) electrons. The molecule has 2 saturated heterocycles. The number of piperazine rings is 1. The fraction of sp³-hybridized carbons (Fsp3) is 0.684. The van der Waals surface area contributed by atoms with Crippen molar-refractivity contribution in [2.24, 2.45) is 5.92 Å². The zero-order valence-electron chi connectivity index (χ0n) is 17.1. The van der Waals surface area contributed by atoms with E-state index in [4.69, 9.17) is 4.74 Å². The van der Waals surface area contributed by atoms with Gasteiger partial charge in [0.1, 0.15) is 17.1 Å². The van der Waals surface area contributed by atoms with Crippen molar-refractivity contribution in [1.82, 2.24) is 25.1 Å². The number of amides is 2. The molecule has 3 rings (SSSR count). The number of likely N-dealkylation sites (tertiary alicyclic amines) is 1. The Morgan fingerprint density at radius 2 is 1.82 bits per heavy atom. The Bertz CT molecular complexity index is 689. The average Bonchev–Trinajstić information content (AvgIpc) is 2.63. The van der Waals surface area contributed by atoms with E-state index in [0.29, 0.717) is 11.6 Å². The van der Waals surface area contributed by atoms with Crippen molar-refractivity contribution in [1.29, 1.82) is 0 Å². The third-order valence-corrected chi connectivity index (χ3v) is 4.92. The third-order valence-electron chi connectivity index (χ3n) is 4.92. The molecule has 0 aliphatic carbocycles. The molecular weight excluding hydrogens is 360 g/mol. The van der Waals surface area contributed by atoms with Crippen LogP contribution in [-0.4, -0.2) is 90.2 Å². The highest BCUT2D eigenvalue weighted by atomic mass is 16.6. The fourth-order valence-corrected chi connectivity index (χ4v) is 3.42. The molecule has 2 fully saturated rings. The third kappa shape index (κ3) is 5.09. The first-order valence-corrected chi connectivity index (χ1v) is 9.74. The SMILES string of the molecule is CNC(=O)c1cnc(N2CCN(CC3CN(C(=O)OC(C)(C)C)C3)CC2)cn1. The van der Waals surface area contributed by atoms with Gasteiger partial charge in [0.15, 0.2) is 0 Å². The number of ether oxygens (including phenoxy) is 1. The van der Waals surface area contributed by atoms with Crippen LogP contribution in [0.1, 0.15) is 31.3 Å². The van der Waals surface area contributed by atoms with Gasteiger partial charge in [0.2, 0.25) is 0 Å².